The van der Waals surface area contributed by atoms with Crippen molar-refractivity contribution >= 4 is 14.2 Å². The van der Waals surface area contributed by atoms with Crippen molar-refractivity contribution < 1.29 is 9.22 Å². The van der Waals surface area contributed by atoms with Crippen molar-refractivity contribution in [3.8, 4) is 0 Å². The second-order valence-electron chi connectivity index (χ2n) is 6.92. The van der Waals surface area contributed by atoms with Crippen LogP contribution >= 0.6 is 0 Å². The predicted molar refractivity (Wildman–Crippen MR) is 75.9 cm³/mol. The summed E-state index contributed by atoms with van der Waals surface area (Å²) in [5.74, 6) is 0.278. The maximum Gasteiger partial charge on any atom is 0.223 e. The molecule has 0 aliphatic carbocycles. The number of nitrogens with zero attached hydrogens (tertiary/aromatic N) is 1. The zero-order valence-corrected chi connectivity index (χ0v) is 13.2. The molecule has 4 heteroatoms. The third kappa shape index (κ3) is 2.41. The largest absolute Gasteiger partial charge is 0.411 e. The SMILES string of the molecule is CC(C)(C)[Si](C)(C)O[C@H]1CCC(=O)N2CC=C[C@H]12. The molecule has 1 amide bonds. The molecule has 2 atom stereocenters. The Bertz CT molecular complexity index is 370. The zero-order valence-electron chi connectivity index (χ0n) is 12.2. The van der Waals surface area contributed by atoms with Crippen LogP contribution < -0.4 is 0 Å². The third-order valence-electron chi connectivity index (χ3n) is 4.59. The van der Waals surface area contributed by atoms with Crippen LogP contribution in [0.5, 0.6) is 0 Å². The van der Waals surface area contributed by atoms with E-state index < -0.39 is 8.32 Å². The van der Waals surface area contributed by atoms with Gasteiger partial charge in [-0.05, 0) is 24.6 Å². The standard InChI is InChI=1S/C14H25NO2Si/c1-14(2,3)18(4,5)17-12-8-9-13(16)15-10-6-7-11(12)15/h6-7,11-12H,8-10H2,1-5H3/t11-,12+/m1/s1. The minimum absolute atomic E-state index is 0.181. The van der Waals surface area contributed by atoms with Crippen molar-refractivity contribution in [1.82, 2.24) is 4.90 Å². The summed E-state index contributed by atoms with van der Waals surface area (Å²) >= 11 is 0. The lowest BCUT2D eigenvalue weighted by Crippen LogP contribution is -2.54. The second kappa shape index (κ2) is 4.49. The van der Waals surface area contributed by atoms with Gasteiger partial charge in [-0.2, -0.15) is 0 Å². The van der Waals surface area contributed by atoms with Gasteiger partial charge in [0, 0.05) is 13.0 Å². The highest BCUT2D eigenvalue weighted by Gasteiger charge is 2.44. The molecule has 0 N–H and O–H groups in total. The van der Waals surface area contributed by atoms with Gasteiger partial charge in [-0.15, -0.1) is 0 Å². The van der Waals surface area contributed by atoms with E-state index in [1.807, 2.05) is 4.90 Å². The van der Waals surface area contributed by atoms with Crippen LogP contribution in [0, 0.1) is 0 Å². The molecule has 0 aromatic heterocycles. The summed E-state index contributed by atoms with van der Waals surface area (Å²) in [4.78, 5) is 13.8. The molecular weight excluding hydrogens is 242 g/mol. The third-order valence-corrected chi connectivity index (χ3v) is 9.10. The van der Waals surface area contributed by atoms with E-state index in [-0.39, 0.29) is 23.1 Å². The molecule has 2 heterocycles. The van der Waals surface area contributed by atoms with Crippen molar-refractivity contribution in [1.29, 1.82) is 0 Å². The molecule has 0 aromatic rings. The highest BCUT2D eigenvalue weighted by atomic mass is 28.4. The van der Waals surface area contributed by atoms with E-state index in [9.17, 15) is 4.79 Å². The smallest absolute Gasteiger partial charge is 0.223 e. The number of amides is 1. The number of hydrogen-bond acceptors (Lipinski definition) is 2. The van der Waals surface area contributed by atoms with Gasteiger partial charge in [-0.25, -0.2) is 0 Å². The lowest BCUT2D eigenvalue weighted by atomic mass is 10.0. The Hall–Kier alpha value is -0.613. The van der Waals surface area contributed by atoms with Crippen LogP contribution in [-0.2, 0) is 9.22 Å². The van der Waals surface area contributed by atoms with Gasteiger partial charge in [0.05, 0.1) is 12.1 Å². The summed E-state index contributed by atoms with van der Waals surface area (Å²) < 4.78 is 6.50. The van der Waals surface area contributed by atoms with Crippen LogP contribution in [0.4, 0.5) is 0 Å². The lowest BCUT2D eigenvalue weighted by molar-refractivity contribution is -0.137. The maximum atomic E-state index is 11.8. The minimum atomic E-state index is -1.75. The average molecular weight is 267 g/mol. The molecule has 18 heavy (non-hydrogen) atoms. The van der Waals surface area contributed by atoms with Gasteiger partial charge >= 0.3 is 0 Å². The molecule has 1 saturated heterocycles. The van der Waals surface area contributed by atoms with Crippen LogP contribution in [0.15, 0.2) is 12.2 Å². The fourth-order valence-electron chi connectivity index (χ4n) is 2.40. The Labute approximate surface area is 111 Å². The first-order chi connectivity index (χ1) is 8.22. The number of fused-ring (bicyclic) bond motifs is 1. The molecule has 0 radical (unpaired) electrons. The Morgan fingerprint density at radius 2 is 2.06 bits per heavy atom. The van der Waals surface area contributed by atoms with Crippen molar-refractivity contribution in [2.24, 2.45) is 0 Å². The Morgan fingerprint density at radius 1 is 1.39 bits per heavy atom. The topological polar surface area (TPSA) is 29.5 Å². The second-order valence-corrected chi connectivity index (χ2v) is 11.7. The van der Waals surface area contributed by atoms with Gasteiger partial charge in [0.2, 0.25) is 5.91 Å². The number of rotatable bonds is 2. The fourth-order valence-corrected chi connectivity index (χ4v) is 3.76. The molecule has 0 aromatic carbocycles. The van der Waals surface area contributed by atoms with Crippen molar-refractivity contribution in [3.63, 3.8) is 0 Å². The Kier molecular flexibility index (Phi) is 3.45. The van der Waals surface area contributed by atoms with Crippen LogP contribution in [0.2, 0.25) is 18.1 Å². The van der Waals surface area contributed by atoms with E-state index >= 15 is 0 Å². The van der Waals surface area contributed by atoms with Crippen molar-refractivity contribution in [3.05, 3.63) is 12.2 Å². The summed E-state index contributed by atoms with van der Waals surface area (Å²) in [5.41, 5.74) is 0. The maximum absolute atomic E-state index is 11.8. The molecule has 0 bridgehead atoms. The molecule has 0 saturated carbocycles. The van der Waals surface area contributed by atoms with Gasteiger partial charge in [0.25, 0.3) is 0 Å². The van der Waals surface area contributed by atoms with Gasteiger partial charge in [0.15, 0.2) is 8.32 Å². The zero-order chi connectivity index (χ0) is 13.6. The monoisotopic (exact) mass is 267 g/mol. The van der Waals surface area contributed by atoms with Gasteiger partial charge in [-0.3, -0.25) is 4.79 Å². The molecule has 2 rings (SSSR count). The highest BCUT2D eigenvalue weighted by Crippen LogP contribution is 2.39. The van der Waals surface area contributed by atoms with E-state index in [2.05, 4.69) is 46.0 Å². The number of hydrogen-bond donors (Lipinski definition) is 0. The fraction of sp³-hybridized carbons (Fsp3) is 0.786. The summed E-state index contributed by atoms with van der Waals surface area (Å²) in [6, 6.07) is 0.181. The number of piperidine rings is 1. The van der Waals surface area contributed by atoms with E-state index in [4.69, 9.17) is 4.43 Å². The van der Waals surface area contributed by atoms with E-state index in [0.717, 1.165) is 13.0 Å². The molecular formula is C14H25NO2Si. The van der Waals surface area contributed by atoms with Crippen LogP contribution in [0.1, 0.15) is 33.6 Å². The van der Waals surface area contributed by atoms with E-state index in [1.165, 1.54) is 0 Å². The first-order valence-corrected chi connectivity index (χ1v) is 9.77. The van der Waals surface area contributed by atoms with Crippen molar-refractivity contribution in [2.45, 2.75) is 63.9 Å². The van der Waals surface area contributed by atoms with Gasteiger partial charge < -0.3 is 9.33 Å². The van der Waals surface area contributed by atoms with Crippen LogP contribution in [0.3, 0.4) is 0 Å². The van der Waals surface area contributed by atoms with Crippen LogP contribution in [0.25, 0.3) is 0 Å². The van der Waals surface area contributed by atoms with E-state index in [1.54, 1.807) is 0 Å². The molecule has 0 spiro atoms. The minimum Gasteiger partial charge on any atom is -0.411 e. The molecule has 0 unspecified atom stereocenters. The van der Waals surface area contributed by atoms with Gasteiger partial charge in [-0.1, -0.05) is 32.9 Å². The Balaban J connectivity index is 2.10. The van der Waals surface area contributed by atoms with E-state index in [0.29, 0.717) is 6.42 Å². The summed E-state index contributed by atoms with van der Waals surface area (Å²) in [5, 5.41) is 0.224. The first-order valence-electron chi connectivity index (χ1n) is 6.86. The molecule has 1 fully saturated rings. The van der Waals surface area contributed by atoms with Gasteiger partial charge in [0.1, 0.15) is 0 Å². The summed E-state index contributed by atoms with van der Waals surface area (Å²) in [6.45, 7) is 12.1. The lowest BCUT2D eigenvalue weighted by Gasteiger charge is -2.44. The Morgan fingerprint density at radius 3 is 2.67 bits per heavy atom. The highest BCUT2D eigenvalue weighted by molar-refractivity contribution is 6.74. The van der Waals surface area contributed by atoms with Crippen molar-refractivity contribution in [2.75, 3.05) is 6.54 Å². The predicted octanol–water partition coefficient (Wildman–Crippen LogP) is 2.94. The normalized spacial score (nSPS) is 28.7. The average Bonchev–Trinajstić information content (AvgIpc) is 2.70. The summed E-state index contributed by atoms with van der Waals surface area (Å²) in [6.07, 6.45) is 5.95. The molecule has 102 valence electrons. The quantitative estimate of drug-likeness (QED) is 0.569. The summed E-state index contributed by atoms with van der Waals surface area (Å²) in [7, 11) is -1.75. The molecule has 2 aliphatic heterocycles. The number of carbonyl (C=O) groups is 1. The van der Waals surface area contributed by atoms with Crippen LogP contribution in [-0.4, -0.2) is 37.8 Å². The first kappa shape index (κ1) is 13.8. The number of carbonyl (C=O) groups excluding carboxylic acids is 1. The molecule has 3 nitrogen and oxygen atoms in total. The molecule has 2 aliphatic rings.